The minimum absolute atomic E-state index is 0. The molecule has 0 saturated carbocycles. The largest absolute Gasteiger partial charge is 0.348 e. The maximum Gasteiger partial charge on any atom is 0.240 e. The van der Waals surface area contributed by atoms with Gasteiger partial charge in [0.25, 0.3) is 0 Å². The number of nitrogens with two attached hydrogens (primary N) is 1. The molecule has 0 heterocycles. The molecule has 3 N–H and O–H groups in total. The summed E-state index contributed by atoms with van der Waals surface area (Å²) in [4.78, 5) is 12.0. The van der Waals surface area contributed by atoms with Crippen molar-refractivity contribution < 1.29 is 4.79 Å². The van der Waals surface area contributed by atoms with Crippen molar-refractivity contribution in [1.82, 2.24) is 5.32 Å². The Morgan fingerprint density at radius 2 is 1.94 bits per heavy atom. The smallest absolute Gasteiger partial charge is 0.240 e. The summed E-state index contributed by atoms with van der Waals surface area (Å²) in [6.45, 7) is 5.78. The quantitative estimate of drug-likeness (QED) is 0.864. The average molecular weight is 271 g/mol. The summed E-state index contributed by atoms with van der Waals surface area (Å²) in [5.41, 5.74) is 6.30. The number of rotatable bonds is 5. The van der Waals surface area contributed by atoms with Gasteiger partial charge in [-0.15, -0.1) is 12.4 Å². The summed E-state index contributed by atoms with van der Waals surface area (Å²) >= 11 is 0. The first-order valence-corrected chi connectivity index (χ1v) is 6.12. The second-order valence-electron chi connectivity index (χ2n) is 4.77. The van der Waals surface area contributed by atoms with Crippen LogP contribution < -0.4 is 11.1 Å². The highest BCUT2D eigenvalue weighted by Crippen LogP contribution is 2.14. The van der Waals surface area contributed by atoms with Gasteiger partial charge in [-0.25, -0.2) is 0 Å². The predicted octanol–water partition coefficient (Wildman–Crippen LogP) is 2.80. The summed E-state index contributed by atoms with van der Waals surface area (Å²) in [7, 11) is 0. The van der Waals surface area contributed by atoms with Gasteiger partial charge in [0.15, 0.2) is 0 Å². The molecule has 0 aliphatic carbocycles. The van der Waals surface area contributed by atoms with Crippen molar-refractivity contribution in [3.63, 3.8) is 0 Å². The highest BCUT2D eigenvalue weighted by Gasteiger charge is 2.28. The van der Waals surface area contributed by atoms with Crippen molar-refractivity contribution in [2.75, 3.05) is 0 Å². The van der Waals surface area contributed by atoms with Gasteiger partial charge in [-0.05, 0) is 25.8 Å². The zero-order valence-electron chi connectivity index (χ0n) is 11.3. The number of carbonyl (C=O) groups excluding carboxylic acids is 1. The van der Waals surface area contributed by atoms with Gasteiger partial charge in [-0.1, -0.05) is 43.7 Å². The van der Waals surface area contributed by atoms with E-state index in [1.54, 1.807) is 6.92 Å². The molecular formula is C14H23ClN2O. The monoisotopic (exact) mass is 270 g/mol. The second kappa shape index (κ2) is 7.39. The Hall–Kier alpha value is -1.06. The molecule has 18 heavy (non-hydrogen) atoms. The van der Waals surface area contributed by atoms with Crippen LogP contribution in [0.25, 0.3) is 0 Å². The maximum absolute atomic E-state index is 12.0. The third kappa shape index (κ3) is 4.67. The van der Waals surface area contributed by atoms with E-state index in [0.29, 0.717) is 6.42 Å². The van der Waals surface area contributed by atoms with Crippen LogP contribution >= 0.6 is 12.4 Å². The molecule has 0 aliphatic rings. The molecule has 1 amide bonds. The van der Waals surface area contributed by atoms with Crippen molar-refractivity contribution in [2.24, 2.45) is 5.73 Å². The highest BCUT2D eigenvalue weighted by atomic mass is 35.5. The standard InChI is InChI=1S/C14H22N2O.ClH/c1-4-10-14(3,15)13(17)16-11(2)12-8-6-5-7-9-12;/h5-9,11H,4,10,15H2,1-3H3,(H,16,17);1H/t11-,14?;/m1./s1. The Labute approximate surface area is 116 Å². The lowest BCUT2D eigenvalue weighted by molar-refractivity contribution is -0.126. The molecular weight excluding hydrogens is 248 g/mol. The van der Waals surface area contributed by atoms with E-state index in [1.807, 2.05) is 44.2 Å². The van der Waals surface area contributed by atoms with E-state index in [1.165, 1.54) is 0 Å². The first kappa shape index (κ1) is 16.9. The van der Waals surface area contributed by atoms with Gasteiger partial charge in [0.1, 0.15) is 0 Å². The molecule has 4 heteroatoms. The highest BCUT2D eigenvalue weighted by molar-refractivity contribution is 5.86. The number of benzene rings is 1. The number of halogens is 1. The maximum atomic E-state index is 12.0. The Morgan fingerprint density at radius 1 is 1.39 bits per heavy atom. The lowest BCUT2D eigenvalue weighted by Gasteiger charge is -2.25. The third-order valence-electron chi connectivity index (χ3n) is 2.94. The van der Waals surface area contributed by atoms with Crippen LogP contribution in [0.2, 0.25) is 0 Å². The normalized spacial score (nSPS) is 15.1. The van der Waals surface area contributed by atoms with E-state index in [9.17, 15) is 4.79 Å². The van der Waals surface area contributed by atoms with Crippen LogP contribution in [-0.2, 0) is 4.79 Å². The van der Waals surface area contributed by atoms with Crippen molar-refractivity contribution in [2.45, 2.75) is 45.2 Å². The Morgan fingerprint density at radius 3 is 2.44 bits per heavy atom. The Bertz CT molecular complexity index is 365. The molecule has 0 aromatic heterocycles. The van der Waals surface area contributed by atoms with Crippen LogP contribution in [-0.4, -0.2) is 11.4 Å². The molecule has 3 nitrogen and oxygen atoms in total. The van der Waals surface area contributed by atoms with Gasteiger partial charge >= 0.3 is 0 Å². The fourth-order valence-electron chi connectivity index (χ4n) is 1.82. The summed E-state index contributed by atoms with van der Waals surface area (Å²) in [5, 5.41) is 2.96. The fourth-order valence-corrected chi connectivity index (χ4v) is 1.82. The van der Waals surface area contributed by atoms with Crippen molar-refractivity contribution in [3.05, 3.63) is 35.9 Å². The van der Waals surface area contributed by atoms with Gasteiger partial charge in [0.2, 0.25) is 5.91 Å². The number of amides is 1. The molecule has 1 unspecified atom stereocenters. The molecule has 0 spiro atoms. The van der Waals surface area contributed by atoms with Crippen molar-refractivity contribution in [3.8, 4) is 0 Å². The molecule has 1 rings (SSSR count). The summed E-state index contributed by atoms with van der Waals surface area (Å²) < 4.78 is 0. The summed E-state index contributed by atoms with van der Waals surface area (Å²) in [6.07, 6.45) is 1.60. The first-order valence-electron chi connectivity index (χ1n) is 6.12. The SMILES string of the molecule is CCCC(C)(N)C(=O)N[C@H](C)c1ccccc1.Cl. The van der Waals surface area contributed by atoms with E-state index in [-0.39, 0.29) is 24.4 Å². The van der Waals surface area contributed by atoms with Crippen LogP contribution in [0.15, 0.2) is 30.3 Å². The van der Waals surface area contributed by atoms with E-state index < -0.39 is 5.54 Å². The molecule has 0 fully saturated rings. The first-order chi connectivity index (χ1) is 7.97. The van der Waals surface area contributed by atoms with E-state index in [4.69, 9.17) is 5.73 Å². The van der Waals surface area contributed by atoms with Crippen molar-refractivity contribution in [1.29, 1.82) is 0 Å². The van der Waals surface area contributed by atoms with E-state index in [0.717, 1.165) is 12.0 Å². The molecule has 0 aliphatic heterocycles. The minimum Gasteiger partial charge on any atom is -0.348 e. The third-order valence-corrected chi connectivity index (χ3v) is 2.94. The molecule has 0 bridgehead atoms. The van der Waals surface area contributed by atoms with Crippen LogP contribution in [0, 0.1) is 0 Å². The van der Waals surface area contributed by atoms with Gasteiger partial charge < -0.3 is 11.1 Å². The van der Waals surface area contributed by atoms with Crippen LogP contribution in [0.5, 0.6) is 0 Å². The fraction of sp³-hybridized carbons (Fsp3) is 0.500. The minimum atomic E-state index is -0.780. The van der Waals surface area contributed by atoms with Crippen LogP contribution in [0.3, 0.4) is 0 Å². The van der Waals surface area contributed by atoms with Gasteiger partial charge in [0.05, 0.1) is 11.6 Å². The number of carbonyl (C=O) groups is 1. The lowest BCUT2D eigenvalue weighted by Crippen LogP contribution is -2.51. The lowest BCUT2D eigenvalue weighted by atomic mass is 9.95. The molecule has 1 aromatic carbocycles. The molecule has 102 valence electrons. The molecule has 2 atom stereocenters. The molecule has 0 saturated heterocycles. The second-order valence-corrected chi connectivity index (χ2v) is 4.77. The zero-order valence-corrected chi connectivity index (χ0v) is 12.1. The van der Waals surface area contributed by atoms with Gasteiger partial charge in [-0.2, -0.15) is 0 Å². The Balaban J connectivity index is 0.00000289. The topological polar surface area (TPSA) is 55.1 Å². The van der Waals surface area contributed by atoms with E-state index >= 15 is 0 Å². The zero-order chi connectivity index (χ0) is 12.9. The van der Waals surface area contributed by atoms with Gasteiger partial charge in [0, 0.05) is 0 Å². The van der Waals surface area contributed by atoms with Gasteiger partial charge in [-0.3, -0.25) is 4.79 Å². The number of nitrogens with one attached hydrogen (secondary N) is 1. The summed E-state index contributed by atoms with van der Waals surface area (Å²) in [5.74, 6) is -0.0873. The molecule has 0 radical (unpaired) electrons. The predicted molar refractivity (Wildman–Crippen MR) is 77.7 cm³/mol. The van der Waals surface area contributed by atoms with Crippen LogP contribution in [0.1, 0.15) is 45.2 Å². The number of hydrogen-bond donors (Lipinski definition) is 2. The average Bonchev–Trinajstić information content (AvgIpc) is 2.30. The van der Waals surface area contributed by atoms with E-state index in [2.05, 4.69) is 5.32 Å². The summed E-state index contributed by atoms with van der Waals surface area (Å²) in [6, 6.07) is 9.87. The molecule has 1 aromatic rings. The van der Waals surface area contributed by atoms with Crippen LogP contribution in [0.4, 0.5) is 0 Å². The Kier molecular flexibility index (Phi) is 6.96. The van der Waals surface area contributed by atoms with Crippen molar-refractivity contribution >= 4 is 18.3 Å². The number of hydrogen-bond acceptors (Lipinski definition) is 2.